The molecule has 1 fully saturated rings. The molecule has 1 heterocycles. The van der Waals surface area contributed by atoms with E-state index in [2.05, 4.69) is 6.92 Å². The lowest BCUT2D eigenvalue weighted by Crippen LogP contribution is -2.27. The van der Waals surface area contributed by atoms with Gasteiger partial charge in [-0.05, 0) is 18.6 Å². The van der Waals surface area contributed by atoms with Crippen molar-refractivity contribution in [3.63, 3.8) is 0 Å². The Bertz CT molecular complexity index is 415. The summed E-state index contributed by atoms with van der Waals surface area (Å²) in [5.74, 6) is -1.77. The highest BCUT2D eigenvalue weighted by Gasteiger charge is 2.27. The van der Waals surface area contributed by atoms with E-state index in [0.717, 1.165) is 12.5 Å². The summed E-state index contributed by atoms with van der Waals surface area (Å²) in [4.78, 5) is 0. The molecule has 100 valence electrons. The van der Waals surface area contributed by atoms with Crippen LogP contribution in [0.5, 0.6) is 5.75 Å². The predicted octanol–water partition coefficient (Wildman–Crippen LogP) is 3.05. The number of halogens is 2. The van der Waals surface area contributed by atoms with E-state index in [1.165, 1.54) is 13.2 Å². The Kier molecular flexibility index (Phi) is 4.14. The summed E-state index contributed by atoms with van der Waals surface area (Å²) in [6, 6.07) is 2.47. The van der Waals surface area contributed by atoms with Gasteiger partial charge in [-0.3, -0.25) is 0 Å². The van der Waals surface area contributed by atoms with E-state index in [1.54, 1.807) is 0 Å². The van der Waals surface area contributed by atoms with Crippen LogP contribution in [0.25, 0.3) is 0 Å². The Hall–Kier alpha value is -1.20. The molecule has 0 aliphatic carbocycles. The van der Waals surface area contributed by atoms with Crippen LogP contribution in [0, 0.1) is 17.6 Å². The first-order valence-corrected chi connectivity index (χ1v) is 5.92. The van der Waals surface area contributed by atoms with E-state index in [0.29, 0.717) is 24.7 Å². The maximum atomic E-state index is 13.5. The Balaban J connectivity index is 2.21. The van der Waals surface area contributed by atoms with Crippen LogP contribution in [0.2, 0.25) is 0 Å². The van der Waals surface area contributed by atoms with Gasteiger partial charge < -0.3 is 14.2 Å². The van der Waals surface area contributed by atoms with E-state index in [9.17, 15) is 8.78 Å². The zero-order valence-electron chi connectivity index (χ0n) is 10.4. The monoisotopic (exact) mass is 258 g/mol. The molecule has 1 aliphatic rings. The van der Waals surface area contributed by atoms with Crippen molar-refractivity contribution in [2.24, 2.45) is 5.92 Å². The van der Waals surface area contributed by atoms with Crippen LogP contribution < -0.4 is 4.74 Å². The molecule has 0 bridgehead atoms. The number of hydrogen-bond donors (Lipinski definition) is 0. The van der Waals surface area contributed by atoms with Gasteiger partial charge in [0.2, 0.25) is 5.82 Å². The Labute approximate surface area is 105 Å². The van der Waals surface area contributed by atoms with Crippen LogP contribution in [0.1, 0.15) is 25.2 Å². The third-order valence-electron chi connectivity index (χ3n) is 3.08. The molecular formula is C13H16F2O3. The smallest absolute Gasteiger partial charge is 0.201 e. The molecule has 1 aromatic rings. The molecule has 2 rings (SSSR count). The van der Waals surface area contributed by atoms with Gasteiger partial charge in [-0.25, -0.2) is 4.39 Å². The molecular weight excluding hydrogens is 242 g/mol. The number of ether oxygens (including phenoxy) is 3. The largest absolute Gasteiger partial charge is 0.493 e. The highest BCUT2D eigenvalue weighted by Crippen LogP contribution is 2.34. The van der Waals surface area contributed by atoms with Gasteiger partial charge in [-0.15, -0.1) is 0 Å². The quantitative estimate of drug-likeness (QED) is 0.834. The standard InChI is InChI=1S/C13H16F2O3/c1-3-8-6-17-13(18-7-8)9-4-5-10(14)11(15)12(9)16-2/h4-5,8,13H,3,6-7H2,1-2H3. The number of rotatable bonds is 3. The van der Waals surface area contributed by atoms with Crippen LogP contribution in [-0.4, -0.2) is 20.3 Å². The van der Waals surface area contributed by atoms with Crippen molar-refractivity contribution in [2.75, 3.05) is 20.3 Å². The minimum Gasteiger partial charge on any atom is -0.493 e. The van der Waals surface area contributed by atoms with E-state index >= 15 is 0 Å². The second-order valence-electron chi connectivity index (χ2n) is 4.26. The van der Waals surface area contributed by atoms with Gasteiger partial charge in [0, 0.05) is 5.92 Å². The van der Waals surface area contributed by atoms with Crippen LogP contribution in [0.4, 0.5) is 8.78 Å². The maximum Gasteiger partial charge on any atom is 0.201 e. The van der Waals surface area contributed by atoms with Gasteiger partial charge in [-0.2, -0.15) is 4.39 Å². The molecule has 0 atom stereocenters. The fourth-order valence-corrected chi connectivity index (χ4v) is 1.90. The van der Waals surface area contributed by atoms with Gasteiger partial charge in [0.15, 0.2) is 17.9 Å². The summed E-state index contributed by atoms with van der Waals surface area (Å²) in [6.45, 7) is 3.14. The van der Waals surface area contributed by atoms with E-state index in [1.807, 2.05) is 0 Å². The molecule has 0 saturated carbocycles. The predicted molar refractivity (Wildman–Crippen MR) is 61.3 cm³/mol. The average Bonchev–Trinajstić information content (AvgIpc) is 2.42. The molecule has 5 heteroatoms. The fraction of sp³-hybridized carbons (Fsp3) is 0.538. The Morgan fingerprint density at radius 1 is 1.28 bits per heavy atom. The molecule has 0 amide bonds. The van der Waals surface area contributed by atoms with Gasteiger partial charge >= 0.3 is 0 Å². The van der Waals surface area contributed by atoms with Crippen molar-refractivity contribution in [3.05, 3.63) is 29.3 Å². The fourth-order valence-electron chi connectivity index (χ4n) is 1.90. The zero-order valence-corrected chi connectivity index (χ0v) is 10.4. The van der Waals surface area contributed by atoms with Gasteiger partial charge in [-0.1, -0.05) is 6.92 Å². The highest BCUT2D eigenvalue weighted by molar-refractivity contribution is 5.36. The molecule has 1 saturated heterocycles. The Morgan fingerprint density at radius 2 is 1.94 bits per heavy atom. The topological polar surface area (TPSA) is 27.7 Å². The molecule has 0 aromatic heterocycles. The molecule has 1 aromatic carbocycles. The second kappa shape index (κ2) is 5.63. The summed E-state index contributed by atoms with van der Waals surface area (Å²) in [5, 5.41) is 0. The van der Waals surface area contributed by atoms with Gasteiger partial charge in [0.1, 0.15) is 0 Å². The molecule has 18 heavy (non-hydrogen) atoms. The first-order chi connectivity index (χ1) is 8.67. The zero-order chi connectivity index (χ0) is 13.1. The third kappa shape index (κ3) is 2.47. The van der Waals surface area contributed by atoms with E-state index in [-0.39, 0.29) is 5.75 Å². The average molecular weight is 258 g/mol. The summed E-state index contributed by atoms with van der Waals surface area (Å²) < 4.78 is 42.6. The lowest BCUT2D eigenvalue weighted by atomic mass is 10.1. The van der Waals surface area contributed by atoms with Crippen molar-refractivity contribution in [1.29, 1.82) is 0 Å². The second-order valence-corrected chi connectivity index (χ2v) is 4.26. The lowest BCUT2D eigenvalue weighted by molar-refractivity contribution is -0.206. The lowest BCUT2D eigenvalue weighted by Gasteiger charge is -2.29. The van der Waals surface area contributed by atoms with Crippen LogP contribution in [0.15, 0.2) is 12.1 Å². The van der Waals surface area contributed by atoms with Crippen molar-refractivity contribution >= 4 is 0 Å². The van der Waals surface area contributed by atoms with Crippen LogP contribution >= 0.6 is 0 Å². The Morgan fingerprint density at radius 3 is 2.50 bits per heavy atom. The van der Waals surface area contributed by atoms with Crippen molar-refractivity contribution < 1.29 is 23.0 Å². The summed E-state index contributed by atoms with van der Waals surface area (Å²) in [5.41, 5.74) is 0.381. The summed E-state index contributed by atoms with van der Waals surface area (Å²) >= 11 is 0. The SMILES string of the molecule is CCC1COC(c2ccc(F)c(F)c2OC)OC1. The van der Waals surface area contributed by atoms with Crippen molar-refractivity contribution in [2.45, 2.75) is 19.6 Å². The highest BCUT2D eigenvalue weighted by atomic mass is 19.2. The minimum absolute atomic E-state index is 0.157. The first kappa shape index (κ1) is 13.2. The molecule has 0 spiro atoms. The van der Waals surface area contributed by atoms with Crippen LogP contribution in [0.3, 0.4) is 0 Å². The summed E-state index contributed by atoms with van der Waals surface area (Å²) in [7, 11) is 1.29. The number of methoxy groups -OCH3 is 1. The van der Waals surface area contributed by atoms with Gasteiger partial charge in [0.05, 0.1) is 25.9 Å². The number of benzene rings is 1. The van der Waals surface area contributed by atoms with Crippen molar-refractivity contribution in [1.82, 2.24) is 0 Å². The molecule has 0 radical (unpaired) electrons. The van der Waals surface area contributed by atoms with E-state index < -0.39 is 17.9 Å². The molecule has 0 unspecified atom stereocenters. The van der Waals surface area contributed by atoms with Gasteiger partial charge in [0.25, 0.3) is 0 Å². The van der Waals surface area contributed by atoms with Crippen LogP contribution in [-0.2, 0) is 9.47 Å². The third-order valence-corrected chi connectivity index (χ3v) is 3.08. The number of hydrogen-bond acceptors (Lipinski definition) is 3. The van der Waals surface area contributed by atoms with E-state index in [4.69, 9.17) is 14.2 Å². The summed E-state index contributed by atoms with van der Waals surface area (Å²) in [6.07, 6.45) is 0.264. The maximum absolute atomic E-state index is 13.5. The normalized spacial score (nSPS) is 24.0. The molecule has 0 N–H and O–H groups in total. The molecule has 1 aliphatic heterocycles. The first-order valence-electron chi connectivity index (χ1n) is 5.92. The van der Waals surface area contributed by atoms with Crippen molar-refractivity contribution in [3.8, 4) is 5.75 Å². The minimum atomic E-state index is -1.01. The molecule has 3 nitrogen and oxygen atoms in total.